The third-order valence-electron chi connectivity index (χ3n) is 4.96. The van der Waals surface area contributed by atoms with Gasteiger partial charge in [-0.25, -0.2) is 4.98 Å². The van der Waals surface area contributed by atoms with E-state index in [2.05, 4.69) is 5.32 Å². The number of anilines is 1. The molecule has 1 aliphatic carbocycles. The highest BCUT2D eigenvalue weighted by Crippen LogP contribution is 2.34. The summed E-state index contributed by atoms with van der Waals surface area (Å²) >= 11 is 1.59. The zero-order chi connectivity index (χ0) is 17.4. The van der Waals surface area contributed by atoms with E-state index in [0.717, 1.165) is 59.1 Å². The third-order valence-corrected chi connectivity index (χ3v) is 6.06. The average molecular weight is 355 g/mol. The van der Waals surface area contributed by atoms with Crippen molar-refractivity contribution < 1.29 is 4.79 Å². The molecule has 25 heavy (non-hydrogen) atoms. The summed E-state index contributed by atoms with van der Waals surface area (Å²) < 4.78 is 1.76. The number of benzene rings is 1. The van der Waals surface area contributed by atoms with Crippen LogP contribution in [-0.4, -0.2) is 21.2 Å². The molecule has 2 heterocycles. The lowest BCUT2D eigenvalue weighted by Crippen LogP contribution is -2.32. The summed E-state index contributed by atoms with van der Waals surface area (Å²) in [6.07, 6.45) is 4.17. The molecule has 1 aromatic carbocycles. The van der Waals surface area contributed by atoms with Crippen LogP contribution in [0, 0.1) is 6.92 Å². The van der Waals surface area contributed by atoms with Crippen LogP contribution >= 0.6 is 11.8 Å². The van der Waals surface area contributed by atoms with Crippen molar-refractivity contribution in [3.8, 4) is 0 Å². The minimum Gasteiger partial charge on any atom is -0.326 e. The van der Waals surface area contributed by atoms with Gasteiger partial charge in [-0.05, 0) is 44.2 Å². The minimum atomic E-state index is -0.115. The van der Waals surface area contributed by atoms with E-state index in [0.29, 0.717) is 6.42 Å². The number of fused-ring (bicyclic) bond motifs is 2. The first-order chi connectivity index (χ1) is 12.1. The lowest BCUT2D eigenvalue weighted by Gasteiger charge is -2.19. The number of rotatable bonds is 3. The fraction of sp³-hybridized carbons (Fsp3) is 0.421. The monoisotopic (exact) mass is 355 g/mol. The average Bonchev–Trinajstić information content (AvgIpc) is 3.00. The van der Waals surface area contributed by atoms with Gasteiger partial charge in [-0.15, -0.1) is 0 Å². The van der Waals surface area contributed by atoms with Crippen LogP contribution in [0.3, 0.4) is 0 Å². The maximum Gasteiger partial charge on any atom is 0.257 e. The van der Waals surface area contributed by atoms with E-state index in [4.69, 9.17) is 4.98 Å². The molecule has 0 fully saturated rings. The molecule has 1 unspecified atom stereocenters. The van der Waals surface area contributed by atoms with Crippen molar-refractivity contribution in [2.24, 2.45) is 0 Å². The van der Waals surface area contributed by atoms with Gasteiger partial charge in [0.2, 0.25) is 5.91 Å². The van der Waals surface area contributed by atoms with Gasteiger partial charge in [0.1, 0.15) is 0 Å². The molecule has 1 amide bonds. The predicted octanol–water partition coefficient (Wildman–Crippen LogP) is 3.11. The van der Waals surface area contributed by atoms with E-state index in [1.807, 2.05) is 31.2 Å². The van der Waals surface area contributed by atoms with E-state index in [1.54, 1.807) is 16.3 Å². The highest BCUT2D eigenvalue weighted by atomic mass is 32.2. The summed E-state index contributed by atoms with van der Waals surface area (Å²) in [4.78, 5) is 30.1. The quantitative estimate of drug-likeness (QED) is 0.860. The summed E-state index contributed by atoms with van der Waals surface area (Å²) in [5.41, 5.74) is 3.76. The standard InChI is InChI=1S/C19H21N3O2S/c1-12-6-2-4-8-15(12)20-17(23)10-13-11-25-19-21-16-9-5-3-7-14(16)18(24)22(13)19/h2,4,6,8,13H,3,5,7,9-11H2,1H3,(H,20,23). The Morgan fingerprint density at radius 1 is 1.32 bits per heavy atom. The van der Waals surface area contributed by atoms with E-state index < -0.39 is 0 Å². The summed E-state index contributed by atoms with van der Waals surface area (Å²) in [7, 11) is 0. The second-order valence-electron chi connectivity index (χ2n) is 6.73. The molecular weight excluding hydrogens is 334 g/mol. The van der Waals surface area contributed by atoms with Gasteiger partial charge < -0.3 is 5.32 Å². The van der Waals surface area contributed by atoms with Crippen LogP contribution in [0.25, 0.3) is 0 Å². The molecule has 0 bridgehead atoms. The molecule has 0 saturated carbocycles. The Balaban J connectivity index is 1.56. The molecule has 1 N–H and O–H groups in total. The summed E-state index contributed by atoms with van der Waals surface area (Å²) in [6.45, 7) is 1.97. The number of hydrogen-bond acceptors (Lipinski definition) is 4. The minimum absolute atomic E-state index is 0.0580. The number of aromatic nitrogens is 2. The van der Waals surface area contributed by atoms with Crippen molar-refractivity contribution in [1.29, 1.82) is 0 Å². The van der Waals surface area contributed by atoms with Gasteiger partial charge in [-0.3, -0.25) is 14.2 Å². The summed E-state index contributed by atoms with van der Waals surface area (Å²) in [5, 5.41) is 3.74. The van der Waals surface area contributed by atoms with Gasteiger partial charge in [-0.2, -0.15) is 0 Å². The predicted molar refractivity (Wildman–Crippen MR) is 99.3 cm³/mol. The Hall–Kier alpha value is -2.08. The largest absolute Gasteiger partial charge is 0.326 e. The molecule has 5 nitrogen and oxygen atoms in total. The van der Waals surface area contributed by atoms with E-state index in [1.165, 1.54) is 0 Å². The van der Waals surface area contributed by atoms with Gasteiger partial charge in [0.25, 0.3) is 5.56 Å². The lowest BCUT2D eigenvalue weighted by molar-refractivity contribution is -0.116. The Morgan fingerprint density at radius 3 is 2.96 bits per heavy atom. The van der Waals surface area contributed by atoms with Crippen molar-refractivity contribution in [3.05, 3.63) is 51.4 Å². The fourth-order valence-electron chi connectivity index (χ4n) is 3.59. The van der Waals surface area contributed by atoms with Gasteiger partial charge in [-0.1, -0.05) is 30.0 Å². The van der Waals surface area contributed by atoms with Crippen LogP contribution in [0.4, 0.5) is 5.69 Å². The maximum atomic E-state index is 12.9. The molecule has 0 spiro atoms. The Bertz CT molecular complexity index is 891. The second-order valence-corrected chi connectivity index (χ2v) is 7.72. The number of carbonyl (C=O) groups is 1. The zero-order valence-electron chi connectivity index (χ0n) is 14.2. The maximum absolute atomic E-state index is 12.9. The fourth-order valence-corrected chi connectivity index (χ4v) is 4.75. The van der Waals surface area contributed by atoms with E-state index in [9.17, 15) is 9.59 Å². The first kappa shape index (κ1) is 16.4. The third kappa shape index (κ3) is 3.11. The molecule has 2 aromatic rings. The molecule has 0 saturated heterocycles. The molecule has 0 radical (unpaired) electrons. The first-order valence-corrected chi connectivity index (χ1v) is 9.74. The van der Waals surface area contributed by atoms with Crippen molar-refractivity contribution in [1.82, 2.24) is 9.55 Å². The molecule has 1 aromatic heterocycles. The Morgan fingerprint density at radius 2 is 2.12 bits per heavy atom. The second kappa shape index (κ2) is 6.67. The van der Waals surface area contributed by atoms with Crippen LogP contribution in [0.1, 0.15) is 42.1 Å². The first-order valence-electron chi connectivity index (χ1n) is 8.76. The smallest absolute Gasteiger partial charge is 0.257 e. The van der Waals surface area contributed by atoms with E-state index >= 15 is 0 Å². The zero-order valence-corrected chi connectivity index (χ0v) is 15.1. The Kier molecular flexibility index (Phi) is 4.37. The molecule has 4 rings (SSSR count). The number of nitrogens with zero attached hydrogens (tertiary/aromatic N) is 2. The van der Waals surface area contributed by atoms with Crippen LogP contribution in [0.2, 0.25) is 0 Å². The lowest BCUT2D eigenvalue weighted by atomic mass is 9.97. The highest BCUT2D eigenvalue weighted by Gasteiger charge is 2.30. The molecule has 6 heteroatoms. The van der Waals surface area contributed by atoms with Crippen LogP contribution in [0.5, 0.6) is 0 Å². The molecule has 2 aliphatic rings. The van der Waals surface area contributed by atoms with Crippen LogP contribution in [-0.2, 0) is 17.6 Å². The topological polar surface area (TPSA) is 64.0 Å². The number of para-hydroxylation sites is 1. The SMILES string of the molecule is Cc1ccccc1NC(=O)CC1CSc2nc3c(c(=O)n21)CCCC3. The number of amides is 1. The highest BCUT2D eigenvalue weighted by molar-refractivity contribution is 7.99. The summed E-state index contributed by atoms with van der Waals surface area (Å²) in [5.74, 6) is 0.671. The van der Waals surface area contributed by atoms with Crippen molar-refractivity contribution in [2.75, 3.05) is 11.1 Å². The molecular formula is C19H21N3O2S. The molecule has 130 valence electrons. The number of hydrogen-bond donors (Lipinski definition) is 1. The summed E-state index contributed by atoms with van der Waals surface area (Å²) in [6, 6.07) is 7.61. The van der Waals surface area contributed by atoms with Gasteiger partial charge in [0, 0.05) is 23.4 Å². The van der Waals surface area contributed by atoms with Crippen LogP contribution < -0.4 is 10.9 Å². The normalized spacial score (nSPS) is 18.5. The van der Waals surface area contributed by atoms with E-state index in [-0.39, 0.29) is 17.5 Å². The van der Waals surface area contributed by atoms with Crippen molar-refractivity contribution in [3.63, 3.8) is 0 Å². The number of nitrogens with one attached hydrogen (secondary N) is 1. The number of thioether (sulfide) groups is 1. The van der Waals surface area contributed by atoms with Crippen LogP contribution in [0.15, 0.2) is 34.2 Å². The molecule has 1 atom stereocenters. The van der Waals surface area contributed by atoms with Crippen molar-refractivity contribution >= 4 is 23.4 Å². The molecule has 1 aliphatic heterocycles. The van der Waals surface area contributed by atoms with Gasteiger partial charge >= 0.3 is 0 Å². The number of aryl methyl sites for hydroxylation is 2. The van der Waals surface area contributed by atoms with Gasteiger partial charge in [0.15, 0.2) is 5.16 Å². The van der Waals surface area contributed by atoms with Crippen molar-refractivity contribution in [2.45, 2.75) is 50.2 Å². The number of carbonyl (C=O) groups excluding carboxylic acids is 1. The Labute approximate surface area is 150 Å². The van der Waals surface area contributed by atoms with Gasteiger partial charge in [0.05, 0.1) is 11.7 Å².